The average molecular weight is 325 g/mol. The van der Waals surface area contributed by atoms with Crippen molar-refractivity contribution >= 4 is 17.5 Å². The molecule has 0 unspecified atom stereocenters. The number of nitrogens with zero attached hydrogens (tertiary/aromatic N) is 3. The van der Waals surface area contributed by atoms with Crippen LogP contribution in [0.3, 0.4) is 0 Å². The number of rotatable bonds is 6. The van der Waals surface area contributed by atoms with E-state index >= 15 is 0 Å². The van der Waals surface area contributed by atoms with Crippen LogP contribution in [0.15, 0.2) is 54.9 Å². The topological polar surface area (TPSA) is 83.0 Å². The third-order valence-corrected chi connectivity index (χ3v) is 3.18. The van der Waals surface area contributed by atoms with Gasteiger partial charge in [0, 0.05) is 36.3 Å². The Balaban J connectivity index is 1.95. The summed E-state index contributed by atoms with van der Waals surface area (Å²) < 4.78 is 13.3. The number of hydrogen-bond acceptors (Lipinski definition) is 6. The summed E-state index contributed by atoms with van der Waals surface area (Å²) in [6.45, 7) is 0.295. The van der Waals surface area contributed by atoms with Gasteiger partial charge in [-0.3, -0.25) is 4.98 Å². The molecule has 0 amide bonds. The lowest BCUT2D eigenvalue weighted by Gasteiger charge is -2.11. The Bertz CT molecular complexity index is 813. The van der Waals surface area contributed by atoms with Gasteiger partial charge >= 0.3 is 0 Å². The second-order valence-electron chi connectivity index (χ2n) is 4.99. The van der Waals surface area contributed by atoms with Crippen LogP contribution in [0.25, 0.3) is 11.3 Å². The van der Waals surface area contributed by atoms with E-state index in [1.54, 1.807) is 30.6 Å². The fourth-order valence-electron chi connectivity index (χ4n) is 2.13. The zero-order valence-corrected chi connectivity index (χ0v) is 12.8. The number of pyridine rings is 1. The molecule has 0 spiro atoms. The lowest BCUT2D eigenvalue weighted by atomic mass is 10.2. The van der Waals surface area contributed by atoms with Crippen molar-refractivity contribution in [1.29, 1.82) is 0 Å². The molecule has 6 nitrogen and oxygen atoms in total. The fraction of sp³-hybridized carbons (Fsp3) is 0.118. The van der Waals surface area contributed by atoms with Crippen LogP contribution in [-0.2, 0) is 0 Å². The zero-order chi connectivity index (χ0) is 16.8. The molecule has 24 heavy (non-hydrogen) atoms. The third-order valence-electron chi connectivity index (χ3n) is 3.18. The van der Waals surface area contributed by atoms with Crippen LogP contribution in [0, 0.1) is 5.82 Å². The molecule has 0 aliphatic heterocycles. The van der Waals surface area contributed by atoms with Crippen molar-refractivity contribution in [3.63, 3.8) is 0 Å². The molecule has 2 heterocycles. The van der Waals surface area contributed by atoms with Crippen molar-refractivity contribution in [2.45, 2.75) is 0 Å². The van der Waals surface area contributed by atoms with E-state index in [9.17, 15) is 4.39 Å². The highest BCUT2D eigenvalue weighted by atomic mass is 19.1. The minimum absolute atomic E-state index is 0.0346. The molecular weight excluding hydrogens is 309 g/mol. The van der Waals surface area contributed by atoms with Gasteiger partial charge in [0.2, 0.25) is 5.95 Å². The highest BCUT2D eigenvalue weighted by Gasteiger charge is 2.07. The fourth-order valence-corrected chi connectivity index (χ4v) is 2.13. The van der Waals surface area contributed by atoms with E-state index < -0.39 is 0 Å². The summed E-state index contributed by atoms with van der Waals surface area (Å²) in [7, 11) is 0. The van der Waals surface area contributed by atoms with Crippen molar-refractivity contribution < 1.29 is 9.50 Å². The summed E-state index contributed by atoms with van der Waals surface area (Å²) in [6.07, 6.45) is 3.38. The van der Waals surface area contributed by atoms with Gasteiger partial charge in [-0.2, -0.15) is 4.98 Å². The Hall–Kier alpha value is -3.06. The van der Waals surface area contributed by atoms with Gasteiger partial charge in [-0.1, -0.05) is 6.07 Å². The minimum Gasteiger partial charge on any atom is -0.395 e. The van der Waals surface area contributed by atoms with Crippen LogP contribution in [0.1, 0.15) is 0 Å². The second kappa shape index (κ2) is 7.47. The van der Waals surface area contributed by atoms with Crippen molar-refractivity contribution in [2.75, 3.05) is 23.8 Å². The predicted octanol–water partition coefficient (Wildman–Crippen LogP) is 2.83. The lowest BCUT2D eigenvalue weighted by molar-refractivity contribution is 0.311. The molecule has 0 saturated carbocycles. The largest absolute Gasteiger partial charge is 0.395 e. The van der Waals surface area contributed by atoms with Crippen LogP contribution in [-0.4, -0.2) is 33.2 Å². The number of anilines is 3. The molecule has 0 atom stereocenters. The van der Waals surface area contributed by atoms with Crippen molar-refractivity contribution in [2.24, 2.45) is 0 Å². The van der Waals surface area contributed by atoms with Gasteiger partial charge in [-0.05, 0) is 30.3 Å². The number of aliphatic hydroxyl groups is 1. The van der Waals surface area contributed by atoms with E-state index in [4.69, 9.17) is 5.11 Å². The van der Waals surface area contributed by atoms with Gasteiger partial charge in [0.25, 0.3) is 0 Å². The highest BCUT2D eigenvalue weighted by molar-refractivity contribution is 5.66. The third kappa shape index (κ3) is 4.02. The summed E-state index contributed by atoms with van der Waals surface area (Å²) in [5.41, 5.74) is 2.07. The first-order chi connectivity index (χ1) is 11.7. The zero-order valence-electron chi connectivity index (χ0n) is 12.8. The maximum atomic E-state index is 13.3. The standard InChI is InChI=1S/C17H16FN5O/c18-13-4-1-5-14(9-13)21-16-10-15(12-3-2-6-19-11-12)22-17(23-16)20-7-8-24/h1-6,9-11,24H,7-8H2,(H2,20,21,22,23). The SMILES string of the molecule is OCCNc1nc(Nc2cccc(F)c2)cc(-c2cccnc2)n1. The van der Waals surface area contributed by atoms with Crippen molar-refractivity contribution in [1.82, 2.24) is 15.0 Å². The van der Waals surface area contributed by atoms with E-state index in [1.165, 1.54) is 12.1 Å². The summed E-state index contributed by atoms with van der Waals surface area (Å²) in [5, 5.41) is 15.0. The molecule has 2 aromatic heterocycles. The van der Waals surface area contributed by atoms with E-state index in [0.29, 0.717) is 29.7 Å². The normalized spacial score (nSPS) is 10.4. The first kappa shape index (κ1) is 15.8. The molecule has 3 aromatic rings. The molecule has 0 bridgehead atoms. The quantitative estimate of drug-likeness (QED) is 0.646. The van der Waals surface area contributed by atoms with Crippen LogP contribution < -0.4 is 10.6 Å². The maximum absolute atomic E-state index is 13.3. The van der Waals surface area contributed by atoms with E-state index in [0.717, 1.165) is 5.56 Å². The second-order valence-corrected chi connectivity index (χ2v) is 4.99. The Kier molecular flexibility index (Phi) is 4.93. The van der Waals surface area contributed by atoms with E-state index in [-0.39, 0.29) is 12.4 Å². The number of nitrogens with one attached hydrogen (secondary N) is 2. The van der Waals surface area contributed by atoms with Crippen molar-refractivity contribution in [3.05, 3.63) is 60.7 Å². The smallest absolute Gasteiger partial charge is 0.225 e. The summed E-state index contributed by atoms with van der Waals surface area (Å²) >= 11 is 0. The first-order valence-electron chi connectivity index (χ1n) is 7.41. The molecular formula is C17H16FN5O. The van der Waals surface area contributed by atoms with Crippen LogP contribution in [0.5, 0.6) is 0 Å². The Morgan fingerprint density at radius 3 is 2.75 bits per heavy atom. The van der Waals surface area contributed by atoms with E-state index in [2.05, 4.69) is 25.6 Å². The average Bonchev–Trinajstić information content (AvgIpc) is 2.60. The Morgan fingerprint density at radius 2 is 2.00 bits per heavy atom. The van der Waals surface area contributed by atoms with Crippen LogP contribution >= 0.6 is 0 Å². The van der Waals surface area contributed by atoms with Gasteiger partial charge < -0.3 is 15.7 Å². The number of aliphatic hydroxyl groups excluding tert-OH is 1. The maximum Gasteiger partial charge on any atom is 0.225 e. The summed E-state index contributed by atoms with van der Waals surface area (Å²) in [5.74, 6) is 0.541. The van der Waals surface area contributed by atoms with Gasteiger partial charge in [0.1, 0.15) is 11.6 Å². The van der Waals surface area contributed by atoms with E-state index in [1.807, 2.05) is 12.1 Å². The minimum atomic E-state index is -0.333. The molecule has 0 aliphatic rings. The number of halogens is 1. The summed E-state index contributed by atoms with van der Waals surface area (Å²) in [4.78, 5) is 12.8. The van der Waals surface area contributed by atoms with Crippen LogP contribution in [0.2, 0.25) is 0 Å². The predicted molar refractivity (Wildman–Crippen MR) is 90.5 cm³/mol. The molecule has 0 saturated heterocycles. The molecule has 0 fully saturated rings. The lowest BCUT2D eigenvalue weighted by Crippen LogP contribution is -2.10. The van der Waals surface area contributed by atoms with Gasteiger partial charge in [-0.25, -0.2) is 9.37 Å². The molecule has 3 rings (SSSR count). The first-order valence-corrected chi connectivity index (χ1v) is 7.41. The number of aromatic nitrogens is 3. The molecule has 0 radical (unpaired) electrons. The summed E-state index contributed by atoms with van der Waals surface area (Å²) in [6, 6.07) is 11.6. The molecule has 0 aliphatic carbocycles. The monoisotopic (exact) mass is 325 g/mol. The molecule has 3 N–H and O–H groups in total. The van der Waals surface area contributed by atoms with Gasteiger partial charge in [0.05, 0.1) is 12.3 Å². The van der Waals surface area contributed by atoms with Gasteiger partial charge in [0.15, 0.2) is 0 Å². The molecule has 122 valence electrons. The molecule has 7 heteroatoms. The molecule has 1 aromatic carbocycles. The number of benzene rings is 1. The van der Waals surface area contributed by atoms with Crippen molar-refractivity contribution in [3.8, 4) is 11.3 Å². The Labute approximate surface area is 138 Å². The number of hydrogen-bond donors (Lipinski definition) is 3. The highest BCUT2D eigenvalue weighted by Crippen LogP contribution is 2.23. The van der Waals surface area contributed by atoms with Gasteiger partial charge in [-0.15, -0.1) is 0 Å². The van der Waals surface area contributed by atoms with Crippen LogP contribution in [0.4, 0.5) is 21.8 Å². The Morgan fingerprint density at radius 1 is 1.08 bits per heavy atom.